The number of benzene rings is 2. The minimum absolute atomic E-state index is 0.195. The van der Waals surface area contributed by atoms with Gasteiger partial charge in [0, 0.05) is 48.8 Å². The van der Waals surface area contributed by atoms with Crippen LogP contribution in [0.25, 0.3) is 10.9 Å². The van der Waals surface area contributed by atoms with Crippen LogP contribution in [-0.2, 0) is 11.2 Å². The van der Waals surface area contributed by atoms with Crippen molar-refractivity contribution in [2.45, 2.75) is 38.8 Å². The number of likely N-dealkylation sites (tertiary alicyclic amines) is 1. The van der Waals surface area contributed by atoms with Crippen molar-refractivity contribution in [1.82, 2.24) is 14.8 Å². The number of nitrogens with one attached hydrogen (secondary N) is 1. The minimum Gasteiger partial charge on any atom is -0.497 e. The number of nitrogens with zero attached hydrogens (tertiary/aromatic N) is 2. The number of ether oxygens (including phenoxy) is 1. The molecule has 2 aromatic carbocycles. The Kier molecular flexibility index (Phi) is 6.09. The van der Waals surface area contributed by atoms with Crippen LogP contribution in [0, 0.1) is 0 Å². The number of aromatic nitrogens is 1. The van der Waals surface area contributed by atoms with E-state index in [0.717, 1.165) is 48.3 Å². The van der Waals surface area contributed by atoms with Gasteiger partial charge in [-0.2, -0.15) is 0 Å². The molecule has 0 saturated carbocycles. The third-order valence-electron chi connectivity index (χ3n) is 6.44. The standard InChI is InChI=1S/C25H31N3O2/c1-4-28(21-12-13-27(17-21)18(2)19-8-6-5-7-9-19)25(29)14-20-16-26-24-11-10-22(30-3)15-23(20)24/h5-11,15-16,18,21,26H,4,12-14,17H2,1-3H3. The van der Waals surface area contributed by atoms with Crippen LogP contribution in [0.4, 0.5) is 0 Å². The molecule has 1 fully saturated rings. The van der Waals surface area contributed by atoms with Gasteiger partial charge in [0.2, 0.25) is 5.91 Å². The Labute approximate surface area is 178 Å². The van der Waals surface area contributed by atoms with Gasteiger partial charge in [0.25, 0.3) is 0 Å². The molecular weight excluding hydrogens is 374 g/mol. The Hall–Kier alpha value is -2.79. The van der Waals surface area contributed by atoms with Gasteiger partial charge in [-0.3, -0.25) is 9.69 Å². The van der Waals surface area contributed by atoms with Crippen molar-refractivity contribution < 1.29 is 9.53 Å². The van der Waals surface area contributed by atoms with Crippen molar-refractivity contribution in [3.05, 3.63) is 65.9 Å². The molecule has 1 amide bonds. The minimum atomic E-state index is 0.195. The van der Waals surface area contributed by atoms with Crippen LogP contribution >= 0.6 is 0 Å². The molecule has 2 heterocycles. The Balaban J connectivity index is 1.45. The van der Waals surface area contributed by atoms with Gasteiger partial charge in [0.1, 0.15) is 5.75 Å². The van der Waals surface area contributed by atoms with Gasteiger partial charge in [-0.05, 0) is 49.6 Å². The summed E-state index contributed by atoms with van der Waals surface area (Å²) in [6, 6.07) is 17.2. The van der Waals surface area contributed by atoms with Gasteiger partial charge in [0.15, 0.2) is 0 Å². The Morgan fingerprint density at radius 3 is 2.80 bits per heavy atom. The molecule has 1 N–H and O–H groups in total. The lowest BCUT2D eigenvalue weighted by Crippen LogP contribution is -2.42. The number of carbonyl (C=O) groups excluding carboxylic acids is 1. The summed E-state index contributed by atoms with van der Waals surface area (Å²) in [5, 5.41) is 1.06. The highest BCUT2D eigenvalue weighted by Gasteiger charge is 2.32. The third kappa shape index (κ3) is 4.08. The first-order chi connectivity index (χ1) is 14.6. The maximum Gasteiger partial charge on any atom is 0.227 e. The lowest BCUT2D eigenvalue weighted by molar-refractivity contribution is -0.132. The number of hydrogen-bond donors (Lipinski definition) is 1. The van der Waals surface area contributed by atoms with E-state index < -0.39 is 0 Å². The number of carbonyl (C=O) groups is 1. The molecule has 3 aromatic rings. The molecule has 0 radical (unpaired) electrons. The molecule has 4 rings (SSSR count). The van der Waals surface area contributed by atoms with Crippen molar-refractivity contribution in [3.8, 4) is 5.75 Å². The summed E-state index contributed by atoms with van der Waals surface area (Å²) in [7, 11) is 1.67. The van der Waals surface area contributed by atoms with Crippen LogP contribution in [-0.4, -0.2) is 53.5 Å². The summed E-state index contributed by atoms with van der Waals surface area (Å²) in [6.45, 7) is 7.03. The first-order valence-electron chi connectivity index (χ1n) is 10.8. The maximum atomic E-state index is 13.2. The normalized spacial score (nSPS) is 17.9. The average Bonchev–Trinajstić information content (AvgIpc) is 3.42. The zero-order chi connectivity index (χ0) is 21.1. The number of H-pyrrole nitrogens is 1. The second-order valence-corrected chi connectivity index (χ2v) is 8.11. The number of methoxy groups -OCH3 is 1. The van der Waals surface area contributed by atoms with Crippen molar-refractivity contribution >= 4 is 16.8 Å². The molecule has 1 aliphatic rings. The van der Waals surface area contributed by atoms with Gasteiger partial charge in [-0.1, -0.05) is 30.3 Å². The molecule has 158 valence electrons. The highest BCUT2D eigenvalue weighted by atomic mass is 16.5. The van der Waals surface area contributed by atoms with E-state index in [-0.39, 0.29) is 11.9 Å². The van der Waals surface area contributed by atoms with Crippen LogP contribution in [0.1, 0.15) is 37.4 Å². The first kappa shape index (κ1) is 20.5. The number of fused-ring (bicyclic) bond motifs is 1. The zero-order valence-corrected chi connectivity index (χ0v) is 18.1. The third-order valence-corrected chi connectivity index (χ3v) is 6.44. The number of amides is 1. The molecule has 2 atom stereocenters. The quantitative estimate of drug-likeness (QED) is 0.634. The fourth-order valence-corrected chi connectivity index (χ4v) is 4.65. The summed E-state index contributed by atoms with van der Waals surface area (Å²) in [5.74, 6) is 1.00. The molecule has 30 heavy (non-hydrogen) atoms. The van der Waals surface area contributed by atoms with E-state index in [1.807, 2.05) is 24.4 Å². The van der Waals surface area contributed by atoms with E-state index in [1.54, 1.807) is 7.11 Å². The van der Waals surface area contributed by atoms with E-state index in [1.165, 1.54) is 5.56 Å². The molecule has 0 spiro atoms. The second-order valence-electron chi connectivity index (χ2n) is 8.11. The summed E-state index contributed by atoms with van der Waals surface area (Å²) in [4.78, 5) is 21.1. The van der Waals surface area contributed by atoms with Crippen LogP contribution in [0.2, 0.25) is 0 Å². The number of likely N-dealkylation sites (N-methyl/N-ethyl adjacent to an activating group) is 1. The highest BCUT2D eigenvalue weighted by Crippen LogP contribution is 2.28. The van der Waals surface area contributed by atoms with Crippen molar-refractivity contribution in [3.63, 3.8) is 0 Å². The van der Waals surface area contributed by atoms with Gasteiger partial charge >= 0.3 is 0 Å². The summed E-state index contributed by atoms with van der Waals surface area (Å²) in [5.41, 5.74) is 3.39. The molecule has 5 heteroatoms. The fraction of sp³-hybridized carbons (Fsp3) is 0.400. The number of hydrogen-bond acceptors (Lipinski definition) is 3. The average molecular weight is 406 g/mol. The highest BCUT2D eigenvalue weighted by molar-refractivity contribution is 5.89. The van der Waals surface area contributed by atoms with Crippen LogP contribution in [0.5, 0.6) is 5.75 Å². The lowest BCUT2D eigenvalue weighted by Gasteiger charge is -2.30. The lowest BCUT2D eigenvalue weighted by atomic mass is 10.1. The monoisotopic (exact) mass is 405 g/mol. The zero-order valence-electron chi connectivity index (χ0n) is 18.1. The summed E-state index contributed by atoms with van der Waals surface area (Å²) < 4.78 is 5.36. The topological polar surface area (TPSA) is 48.6 Å². The molecule has 0 aliphatic carbocycles. The molecule has 2 unspecified atom stereocenters. The molecular formula is C25H31N3O2. The first-order valence-corrected chi connectivity index (χ1v) is 10.8. The second kappa shape index (κ2) is 8.92. The van der Waals surface area contributed by atoms with Gasteiger partial charge in [-0.15, -0.1) is 0 Å². The molecule has 1 saturated heterocycles. The van der Waals surface area contributed by atoms with Crippen LogP contribution in [0.3, 0.4) is 0 Å². The predicted molar refractivity (Wildman–Crippen MR) is 121 cm³/mol. The van der Waals surface area contributed by atoms with Crippen molar-refractivity contribution in [1.29, 1.82) is 0 Å². The van der Waals surface area contributed by atoms with Gasteiger partial charge in [-0.25, -0.2) is 0 Å². The van der Waals surface area contributed by atoms with E-state index in [4.69, 9.17) is 4.74 Å². The Morgan fingerprint density at radius 1 is 1.27 bits per heavy atom. The smallest absolute Gasteiger partial charge is 0.227 e. The summed E-state index contributed by atoms with van der Waals surface area (Å²) in [6.07, 6.45) is 3.39. The predicted octanol–water partition coefficient (Wildman–Crippen LogP) is 4.40. The van der Waals surface area contributed by atoms with Crippen molar-refractivity contribution in [2.24, 2.45) is 0 Å². The number of aromatic amines is 1. The van der Waals surface area contributed by atoms with Crippen molar-refractivity contribution in [2.75, 3.05) is 26.7 Å². The fourth-order valence-electron chi connectivity index (χ4n) is 4.65. The van der Waals surface area contributed by atoms with Gasteiger partial charge in [0.05, 0.1) is 13.5 Å². The molecule has 0 bridgehead atoms. The van der Waals surface area contributed by atoms with Crippen LogP contribution in [0.15, 0.2) is 54.7 Å². The van der Waals surface area contributed by atoms with E-state index in [9.17, 15) is 4.79 Å². The largest absolute Gasteiger partial charge is 0.497 e. The van der Waals surface area contributed by atoms with E-state index >= 15 is 0 Å². The summed E-state index contributed by atoms with van der Waals surface area (Å²) >= 11 is 0. The maximum absolute atomic E-state index is 13.2. The number of rotatable bonds is 7. The van der Waals surface area contributed by atoms with E-state index in [0.29, 0.717) is 12.5 Å². The SMILES string of the molecule is CCN(C(=O)Cc1c[nH]c2ccc(OC)cc12)C1CCN(C(C)c2ccccc2)C1. The molecule has 5 nitrogen and oxygen atoms in total. The molecule has 1 aromatic heterocycles. The Morgan fingerprint density at radius 2 is 2.07 bits per heavy atom. The Bertz CT molecular complexity index is 998. The van der Waals surface area contributed by atoms with Crippen LogP contribution < -0.4 is 4.74 Å². The molecule has 1 aliphatic heterocycles. The van der Waals surface area contributed by atoms with Gasteiger partial charge < -0.3 is 14.6 Å². The van der Waals surface area contributed by atoms with E-state index in [2.05, 4.69) is 59.0 Å².